The molecule has 21 heavy (non-hydrogen) atoms. The van der Waals surface area contributed by atoms with Crippen LogP contribution in [0.2, 0.25) is 0 Å². The van der Waals surface area contributed by atoms with Crippen LogP contribution < -0.4 is 10.6 Å². The van der Waals surface area contributed by atoms with Gasteiger partial charge in [0.05, 0.1) is 5.69 Å². The summed E-state index contributed by atoms with van der Waals surface area (Å²) in [6.45, 7) is 3.73. The molecule has 0 unspecified atom stereocenters. The van der Waals surface area contributed by atoms with Crippen molar-refractivity contribution in [3.05, 3.63) is 41.8 Å². The molecule has 0 spiro atoms. The van der Waals surface area contributed by atoms with Crippen LogP contribution in [0, 0.1) is 12.7 Å². The Labute approximate surface area is 123 Å². The minimum Gasteiger partial charge on any atom is -0.341 e. The molecule has 2 N–H and O–H groups in total. The van der Waals surface area contributed by atoms with Gasteiger partial charge >= 0.3 is 0 Å². The van der Waals surface area contributed by atoms with Crippen molar-refractivity contribution < 1.29 is 4.39 Å². The SMILES string of the molecule is Cc1cnc(N2CCC(N)CC2)nc1-c1ccc(F)cc1. The van der Waals surface area contributed by atoms with E-state index in [2.05, 4.69) is 14.9 Å². The van der Waals surface area contributed by atoms with Gasteiger partial charge < -0.3 is 10.6 Å². The molecule has 0 saturated carbocycles. The molecule has 1 aliphatic heterocycles. The number of piperidine rings is 1. The molecular weight excluding hydrogens is 267 g/mol. The zero-order valence-electron chi connectivity index (χ0n) is 12.1. The number of hydrogen-bond donors (Lipinski definition) is 1. The van der Waals surface area contributed by atoms with Gasteiger partial charge in [-0.25, -0.2) is 14.4 Å². The molecule has 3 rings (SSSR count). The summed E-state index contributed by atoms with van der Waals surface area (Å²) in [7, 11) is 0. The van der Waals surface area contributed by atoms with E-state index in [0.717, 1.165) is 48.7 Å². The van der Waals surface area contributed by atoms with Gasteiger partial charge in [0.25, 0.3) is 0 Å². The first-order chi connectivity index (χ1) is 10.1. The van der Waals surface area contributed by atoms with Crippen molar-refractivity contribution in [3.8, 4) is 11.3 Å². The topological polar surface area (TPSA) is 55.0 Å². The Morgan fingerprint density at radius 2 is 1.86 bits per heavy atom. The lowest BCUT2D eigenvalue weighted by atomic mass is 10.1. The van der Waals surface area contributed by atoms with Gasteiger partial charge in [0.1, 0.15) is 5.82 Å². The van der Waals surface area contributed by atoms with Gasteiger partial charge in [-0.1, -0.05) is 0 Å². The zero-order chi connectivity index (χ0) is 14.8. The van der Waals surface area contributed by atoms with Crippen LogP contribution in [-0.4, -0.2) is 29.1 Å². The van der Waals surface area contributed by atoms with E-state index < -0.39 is 0 Å². The molecule has 1 aliphatic rings. The first kappa shape index (κ1) is 13.9. The number of nitrogens with zero attached hydrogens (tertiary/aromatic N) is 3. The van der Waals surface area contributed by atoms with Crippen molar-refractivity contribution in [2.45, 2.75) is 25.8 Å². The number of aromatic nitrogens is 2. The van der Waals surface area contributed by atoms with E-state index in [1.807, 2.05) is 13.1 Å². The normalized spacial score (nSPS) is 16.2. The molecule has 1 saturated heterocycles. The third-order valence-corrected chi connectivity index (χ3v) is 3.90. The van der Waals surface area contributed by atoms with Gasteiger partial charge in [0.2, 0.25) is 5.95 Å². The smallest absolute Gasteiger partial charge is 0.225 e. The number of hydrogen-bond acceptors (Lipinski definition) is 4. The van der Waals surface area contributed by atoms with E-state index in [9.17, 15) is 4.39 Å². The molecule has 0 bridgehead atoms. The van der Waals surface area contributed by atoms with Crippen LogP contribution in [0.1, 0.15) is 18.4 Å². The average molecular weight is 286 g/mol. The Bertz CT molecular complexity index is 619. The molecule has 0 amide bonds. The standard InChI is InChI=1S/C16H19FN4/c1-11-10-19-16(21-8-6-14(18)7-9-21)20-15(11)12-2-4-13(17)5-3-12/h2-5,10,14H,6-9,18H2,1H3. The van der Waals surface area contributed by atoms with E-state index >= 15 is 0 Å². The summed E-state index contributed by atoms with van der Waals surface area (Å²) in [5.74, 6) is 0.488. The number of anilines is 1. The summed E-state index contributed by atoms with van der Waals surface area (Å²) in [6.07, 6.45) is 3.75. The molecule has 0 radical (unpaired) electrons. The third kappa shape index (κ3) is 3.03. The Kier molecular flexibility index (Phi) is 3.84. The fourth-order valence-corrected chi connectivity index (χ4v) is 2.58. The lowest BCUT2D eigenvalue weighted by Gasteiger charge is -2.30. The van der Waals surface area contributed by atoms with E-state index in [4.69, 9.17) is 5.73 Å². The Morgan fingerprint density at radius 3 is 2.52 bits per heavy atom. The maximum Gasteiger partial charge on any atom is 0.225 e. The number of rotatable bonds is 2. The van der Waals surface area contributed by atoms with Gasteiger partial charge in [-0.2, -0.15) is 0 Å². The molecule has 2 heterocycles. The van der Waals surface area contributed by atoms with E-state index in [-0.39, 0.29) is 11.9 Å². The molecule has 1 fully saturated rings. The van der Waals surface area contributed by atoms with Crippen molar-refractivity contribution in [3.63, 3.8) is 0 Å². The molecule has 4 nitrogen and oxygen atoms in total. The second-order valence-electron chi connectivity index (χ2n) is 5.53. The van der Waals surface area contributed by atoms with Gasteiger partial charge in [0.15, 0.2) is 0 Å². The van der Waals surface area contributed by atoms with E-state index in [1.165, 1.54) is 12.1 Å². The van der Waals surface area contributed by atoms with Crippen molar-refractivity contribution in [2.75, 3.05) is 18.0 Å². The van der Waals surface area contributed by atoms with Crippen molar-refractivity contribution in [1.29, 1.82) is 0 Å². The molecule has 5 heteroatoms. The first-order valence-corrected chi connectivity index (χ1v) is 7.23. The Balaban J connectivity index is 1.91. The minimum atomic E-state index is -0.240. The van der Waals surface area contributed by atoms with Crippen LogP contribution in [0.3, 0.4) is 0 Å². The third-order valence-electron chi connectivity index (χ3n) is 3.90. The zero-order valence-corrected chi connectivity index (χ0v) is 12.1. The Hall–Kier alpha value is -2.01. The summed E-state index contributed by atoms with van der Waals surface area (Å²) in [5.41, 5.74) is 8.68. The number of benzene rings is 1. The predicted octanol–water partition coefficient (Wildman–Crippen LogP) is 2.52. The van der Waals surface area contributed by atoms with Crippen LogP contribution >= 0.6 is 0 Å². The quantitative estimate of drug-likeness (QED) is 0.921. The van der Waals surface area contributed by atoms with Gasteiger partial charge in [0, 0.05) is 30.9 Å². The van der Waals surface area contributed by atoms with E-state index in [1.54, 1.807) is 12.1 Å². The summed E-state index contributed by atoms with van der Waals surface area (Å²) >= 11 is 0. The maximum absolute atomic E-state index is 13.1. The van der Waals surface area contributed by atoms with Crippen molar-refractivity contribution in [2.24, 2.45) is 5.73 Å². The second kappa shape index (κ2) is 5.77. The van der Waals surface area contributed by atoms with E-state index in [0.29, 0.717) is 0 Å². The monoisotopic (exact) mass is 286 g/mol. The molecule has 2 aromatic rings. The van der Waals surface area contributed by atoms with Crippen LogP contribution in [0.15, 0.2) is 30.5 Å². The number of nitrogens with two attached hydrogens (primary N) is 1. The predicted molar refractivity (Wildman–Crippen MR) is 81.6 cm³/mol. The second-order valence-corrected chi connectivity index (χ2v) is 5.53. The summed E-state index contributed by atoms with van der Waals surface area (Å²) in [4.78, 5) is 11.3. The number of halogens is 1. The lowest BCUT2D eigenvalue weighted by molar-refractivity contribution is 0.495. The molecular formula is C16H19FN4. The fraction of sp³-hybridized carbons (Fsp3) is 0.375. The molecule has 0 atom stereocenters. The fourth-order valence-electron chi connectivity index (χ4n) is 2.58. The largest absolute Gasteiger partial charge is 0.341 e. The average Bonchev–Trinajstić information content (AvgIpc) is 2.50. The highest BCUT2D eigenvalue weighted by Gasteiger charge is 2.19. The van der Waals surface area contributed by atoms with Crippen LogP contribution in [-0.2, 0) is 0 Å². The lowest BCUT2D eigenvalue weighted by Crippen LogP contribution is -2.40. The molecule has 110 valence electrons. The van der Waals surface area contributed by atoms with Crippen molar-refractivity contribution in [1.82, 2.24) is 9.97 Å². The molecule has 0 aliphatic carbocycles. The summed E-state index contributed by atoms with van der Waals surface area (Å²) < 4.78 is 13.1. The highest BCUT2D eigenvalue weighted by molar-refractivity contribution is 5.63. The summed E-state index contributed by atoms with van der Waals surface area (Å²) in [5, 5.41) is 0. The highest BCUT2D eigenvalue weighted by Crippen LogP contribution is 2.24. The molecule has 1 aromatic heterocycles. The molecule has 1 aromatic carbocycles. The Morgan fingerprint density at radius 1 is 1.19 bits per heavy atom. The first-order valence-electron chi connectivity index (χ1n) is 7.23. The minimum absolute atomic E-state index is 0.240. The van der Waals surface area contributed by atoms with Gasteiger partial charge in [-0.05, 0) is 49.6 Å². The van der Waals surface area contributed by atoms with Gasteiger partial charge in [-0.3, -0.25) is 0 Å². The van der Waals surface area contributed by atoms with Crippen LogP contribution in [0.4, 0.5) is 10.3 Å². The summed E-state index contributed by atoms with van der Waals surface area (Å²) in [6, 6.07) is 6.69. The number of aryl methyl sites for hydroxylation is 1. The van der Waals surface area contributed by atoms with Crippen molar-refractivity contribution >= 4 is 5.95 Å². The van der Waals surface area contributed by atoms with Crippen LogP contribution in [0.25, 0.3) is 11.3 Å². The van der Waals surface area contributed by atoms with Crippen LogP contribution in [0.5, 0.6) is 0 Å². The highest BCUT2D eigenvalue weighted by atomic mass is 19.1. The van der Waals surface area contributed by atoms with Gasteiger partial charge in [-0.15, -0.1) is 0 Å². The maximum atomic E-state index is 13.1.